The van der Waals surface area contributed by atoms with E-state index in [4.69, 9.17) is 9.47 Å². The number of ether oxygens (including phenoxy) is 2. The van der Waals surface area contributed by atoms with Crippen molar-refractivity contribution >= 4 is 58.1 Å². The Balaban J connectivity index is 1.56. The van der Waals surface area contributed by atoms with Gasteiger partial charge in [0, 0.05) is 42.7 Å². The average Bonchev–Trinajstić information content (AvgIpc) is 3.71. The fraction of sp³-hybridized carbons (Fsp3) is 0.268. The van der Waals surface area contributed by atoms with E-state index in [1.54, 1.807) is 84.9 Å². The lowest BCUT2D eigenvalue weighted by molar-refractivity contribution is -0.142. The Labute approximate surface area is 327 Å². The molecule has 2 aliphatic heterocycles. The van der Waals surface area contributed by atoms with E-state index in [-0.39, 0.29) is 37.7 Å². The number of hydrogen-bond donors (Lipinski definition) is 6. The van der Waals surface area contributed by atoms with Gasteiger partial charge in [0.15, 0.2) is 11.5 Å². The Bertz CT molecular complexity index is 2050. The van der Waals surface area contributed by atoms with Crippen LogP contribution < -0.4 is 36.1 Å². The van der Waals surface area contributed by atoms with E-state index in [2.05, 4.69) is 33.2 Å². The van der Waals surface area contributed by atoms with Gasteiger partial charge in [-0.2, -0.15) is 0 Å². The predicted octanol–water partition coefficient (Wildman–Crippen LogP) is 3.26. The number of carbonyl (C=O) groups excluding carboxylic acids is 5. The van der Waals surface area contributed by atoms with E-state index in [1.807, 2.05) is 5.38 Å². The van der Waals surface area contributed by atoms with Crippen molar-refractivity contribution in [3.63, 3.8) is 0 Å². The highest BCUT2D eigenvalue weighted by molar-refractivity contribution is 7.09. The first kappa shape index (κ1) is 40.7. The number of anilines is 1. The lowest BCUT2D eigenvalue weighted by Gasteiger charge is -2.27. The maximum atomic E-state index is 14.5. The minimum atomic E-state index is -1.51. The standard InChI is InChI=1S/C41H43N5O9S/c1-24(27-13-16-33(54-2)34(22-27)55-3)37-40(51)44-30(20-25-8-5-4-6-9-25)38(49)45-32(41(52)53)21-26-11-14-28(15-12-26)42-35(47)17-18-36(48)43-31(39(50)46-37)23-29-10-7-19-56-29/h4-16,19,22,30-32,37H,1,17-18,20-21,23H2,2-3H3,(H,42,47)(H,43,48)(H,44,51)(H,45,49)(H,46,50)(H,52,53). The molecule has 0 fully saturated rings. The van der Waals surface area contributed by atoms with Gasteiger partial charge in [-0.05, 0) is 58.0 Å². The smallest absolute Gasteiger partial charge is 0.326 e. The number of carbonyl (C=O) groups is 6. The third-order valence-electron chi connectivity index (χ3n) is 9.08. The summed E-state index contributed by atoms with van der Waals surface area (Å²) in [5, 5.41) is 25.4. The molecule has 0 saturated heterocycles. The van der Waals surface area contributed by atoms with E-state index in [1.165, 1.54) is 25.6 Å². The molecule has 292 valence electrons. The second-order valence-corrected chi connectivity index (χ2v) is 14.1. The Morgan fingerprint density at radius 2 is 1.43 bits per heavy atom. The van der Waals surface area contributed by atoms with Crippen LogP contribution in [0.15, 0.2) is 96.9 Å². The normalized spacial score (nSPS) is 19.9. The Hall–Kier alpha value is -6.48. The van der Waals surface area contributed by atoms with Gasteiger partial charge in [0.25, 0.3) is 0 Å². The number of fused-ring (bicyclic) bond motifs is 18. The number of amides is 5. The highest BCUT2D eigenvalue weighted by atomic mass is 32.1. The summed E-state index contributed by atoms with van der Waals surface area (Å²) in [7, 11) is 2.90. The van der Waals surface area contributed by atoms with Crippen LogP contribution in [0.4, 0.5) is 5.69 Å². The van der Waals surface area contributed by atoms with Crippen LogP contribution in [-0.4, -0.2) is 79.0 Å². The topological polar surface area (TPSA) is 201 Å². The van der Waals surface area contributed by atoms with E-state index in [0.29, 0.717) is 33.9 Å². The molecule has 2 aliphatic rings. The van der Waals surface area contributed by atoms with Crippen molar-refractivity contribution in [2.24, 2.45) is 0 Å². The number of thiophene rings is 1. The van der Waals surface area contributed by atoms with Gasteiger partial charge < -0.3 is 41.2 Å². The molecule has 4 aromatic rings. The zero-order valence-corrected chi connectivity index (χ0v) is 31.7. The maximum Gasteiger partial charge on any atom is 0.326 e. The van der Waals surface area contributed by atoms with Gasteiger partial charge in [0.05, 0.1) is 14.2 Å². The molecule has 1 aromatic heterocycles. The van der Waals surface area contributed by atoms with Crippen LogP contribution >= 0.6 is 11.3 Å². The van der Waals surface area contributed by atoms with Crippen LogP contribution in [0.1, 0.15) is 34.4 Å². The van der Waals surface area contributed by atoms with Crippen LogP contribution in [0, 0.1) is 0 Å². The van der Waals surface area contributed by atoms with Gasteiger partial charge in [-0.1, -0.05) is 61.2 Å². The summed E-state index contributed by atoms with van der Waals surface area (Å²) in [6, 6.07) is 18.3. The summed E-state index contributed by atoms with van der Waals surface area (Å²) in [5.41, 5.74) is 2.14. The molecule has 0 saturated carbocycles. The molecule has 14 nitrogen and oxygen atoms in total. The summed E-state index contributed by atoms with van der Waals surface area (Å²) in [6.07, 6.45) is -0.504. The van der Waals surface area contributed by atoms with Crippen LogP contribution in [0.3, 0.4) is 0 Å². The zero-order chi connectivity index (χ0) is 40.2. The molecule has 6 N–H and O–H groups in total. The van der Waals surface area contributed by atoms with Crippen LogP contribution in [-0.2, 0) is 48.0 Å². The number of rotatable bonds is 9. The summed E-state index contributed by atoms with van der Waals surface area (Å²) >= 11 is 1.37. The number of methoxy groups -OCH3 is 2. The van der Waals surface area contributed by atoms with Crippen molar-refractivity contribution in [3.8, 4) is 11.5 Å². The van der Waals surface area contributed by atoms with E-state index < -0.39 is 59.7 Å². The highest BCUT2D eigenvalue weighted by Crippen LogP contribution is 2.31. The number of carboxylic acids is 1. The van der Waals surface area contributed by atoms with E-state index >= 15 is 0 Å². The highest BCUT2D eigenvalue weighted by Gasteiger charge is 2.34. The van der Waals surface area contributed by atoms with E-state index in [0.717, 1.165) is 4.88 Å². The molecule has 0 radical (unpaired) electrons. The van der Waals surface area contributed by atoms with Crippen LogP contribution in [0.5, 0.6) is 11.5 Å². The lowest BCUT2D eigenvalue weighted by atomic mass is 9.97. The summed E-state index contributed by atoms with van der Waals surface area (Å²) in [4.78, 5) is 81.9. The van der Waals surface area contributed by atoms with Crippen LogP contribution in [0.25, 0.3) is 5.57 Å². The van der Waals surface area contributed by atoms with Gasteiger partial charge in [-0.15, -0.1) is 11.3 Å². The Kier molecular flexibility index (Phi) is 14.0. The van der Waals surface area contributed by atoms with Gasteiger partial charge in [-0.3, -0.25) is 24.0 Å². The minimum Gasteiger partial charge on any atom is -0.493 e. The second-order valence-electron chi connectivity index (χ2n) is 13.0. The minimum absolute atomic E-state index is 0.0281. The molecule has 0 aliphatic carbocycles. The van der Waals surface area contributed by atoms with Crippen molar-refractivity contribution in [3.05, 3.63) is 118 Å². The summed E-state index contributed by atoms with van der Waals surface area (Å²) < 4.78 is 10.8. The summed E-state index contributed by atoms with van der Waals surface area (Å²) in [5.74, 6) is -3.96. The molecule has 56 heavy (non-hydrogen) atoms. The Morgan fingerprint density at radius 3 is 2.09 bits per heavy atom. The molecular weight excluding hydrogens is 739 g/mol. The lowest BCUT2D eigenvalue weighted by Crippen LogP contribution is -2.58. The first-order valence-corrected chi connectivity index (χ1v) is 18.6. The molecule has 4 atom stereocenters. The molecule has 4 unspecified atom stereocenters. The molecular formula is C41H43N5O9S. The van der Waals surface area contributed by atoms with Crippen molar-refractivity contribution in [2.75, 3.05) is 19.5 Å². The largest absolute Gasteiger partial charge is 0.493 e. The van der Waals surface area contributed by atoms with Gasteiger partial charge in [0.2, 0.25) is 29.5 Å². The van der Waals surface area contributed by atoms with Crippen molar-refractivity contribution in [2.45, 2.75) is 56.3 Å². The van der Waals surface area contributed by atoms with Gasteiger partial charge in [0.1, 0.15) is 24.2 Å². The Morgan fingerprint density at radius 1 is 0.750 bits per heavy atom. The van der Waals surface area contributed by atoms with Gasteiger partial charge >= 0.3 is 5.97 Å². The van der Waals surface area contributed by atoms with Gasteiger partial charge in [-0.25, -0.2) is 4.79 Å². The predicted molar refractivity (Wildman–Crippen MR) is 210 cm³/mol. The van der Waals surface area contributed by atoms with Crippen molar-refractivity contribution in [1.82, 2.24) is 21.3 Å². The molecule has 5 amide bonds. The molecule has 15 heteroatoms. The first-order valence-electron chi connectivity index (χ1n) is 17.7. The fourth-order valence-corrected chi connectivity index (χ4v) is 6.81. The van der Waals surface area contributed by atoms with Crippen LogP contribution in [0.2, 0.25) is 0 Å². The zero-order valence-electron chi connectivity index (χ0n) is 30.8. The van der Waals surface area contributed by atoms with E-state index in [9.17, 15) is 33.9 Å². The monoisotopic (exact) mass is 781 g/mol. The fourth-order valence-electron chi connectivity index (χ4n) is 6.06. The summed E-state index contributed by atoms with van der Waals surface area (Å²) in [6.45, 7) is 4.16. The number of aliphatic carboxylic acids is 1. The molecule has 3 aromatic carbocycles. The quantitative estimate of drug-likeness (QED) is 0.138. The molecule has 3 heterocycles. The third-order valence-corrected chi connectivity index (χ3v) is 9.97. The molecule has 0 spiro atoms. The third kappa shape index (κ3) is 11.0. The molecule has 2 bridgehead atoms. The number of carboxylic acid groups (broad SMARTS) is 1. The van der Waals surface area contributed by atoms with Crippen molar-refractivity contribution < 1.29 is 43.3 Å². The number of hydrogen-bond acceptors (Lipinski definition) is 9. The second kappa shape index (κ2) is 19.2. The number of benzene rings is 3. The molecule has 6 rings (SSSR count). The SMILES string of the molecule is C=C(c1ccc(OC)c(OC)c1)C1NC(=O)C(Cc2cccs2)NC(=O)CCC(=O)Nc2ccc(cc2)CC(C(=O)O)NC(=O)C(Cc2ccccc2)NC1=O. The average molecular weight is 782 g/mol. The maximum absolute atomic E-state index is 14.5. The number of nitrogens with one attached hydrogen (secondary N) is 5. The first-order chi connectivity index (χ1) is 26.9. The van der Waals surface area contributed by atoms with Crippen molar-refractivity contribution in [1.29, 1.82) is 0 Å².